The van der Waals surface area contributed by atoms with Crippen LogP contribution in [0.15, 0.2) is 61.2 Å². The van der Waals surface area contributed by atoms with Gasteiger partial charge < -0.3 is 19.5 Å². The van der Waals surface area contributed by atoms with Crippen molar-refractivity contribution in [3.05, 3.63) is 72.3 Å². The van der Waals surface area contributed by atoms with Crippen LogP contribution in [0.1, 0.15) is 82.8 Å². The van der Waals surface area contributed by atoms with Crippen LogP contribution in [0.3, 0.4) is 0 Å². The molecule has 198 valence electrons. The predicted molar refractivity (Wildman–Crippen MR) is 150 cm³/mol. The number of ether oxygens (including phenoxy) is 2. The molecule has 2 aromatic rings. The average molecular weight is 504 g/mol. The number of carbonyl (C=O) groups excluding carboxylic acids is 1. The summed E-state index contributed by atoms with van der Waals surface area (Å²) in [4.78, 5) is 14.5. The number of aromatic hydroxyl groups is 1. The fourth-order valence-corrected chi connectivity index (χ4v) is 5.64. The van der Waals surface area contributed by atoms with E-state index in [0.29, 0.717) is 31.7 Å². The van der Waals surface area contributed by atoms with Crippen molar-refractivity contribution in [2.24, 2.45) is 0 Å². The number of nitrogens with zero attached hydrogens (tertiary/aromatic N) is 1. The van der Waals surface area contributed by atoms with Crippen LogP contribution in [-0.4, -0.2) is 30.0 Å². The molecule has 1 unspecified atom stereocenters. The van der Waals surface area contributed by atoms with Gasteiger partial charge in [-0.25, -0.2) is 0 Å². The zero-order valence-electron chi connectivity index (χ0n) is 22.4. The van der Waals surface area contributed by atoms with Gasteiger partial charge in [0.15, 0.2) is 11.5 Å². The van der Waals surface area contributed by atoms with Crippen molar-refractivity contribution in [2.75, 3.05) is 18.1 Å². The van der Waals surface area contributed by atoms with E-state index in [0.717, 1.165) is 30.5 Å². The number of hydrogen-bond donors (Lipinski definition) is 1. The van der Waals surface area contributed by atoms with Gasteiger partial charge in [-0.05, 0) is 69.4 Å². The standard InChI is InChI=1S/C32H41NO4/c1-4-5-6-7-8-9-10-11-20-29(35)36-24-15-23-33-27-18-13-12-17-26(27)31(2,3)32(33)22-21-25-16-14-19-28(34)30(25)37-32/h4,12-14,16-19,21-22,34H,1,5-11,15,20,23-24H2,2-3H3. The van der Waals surface area contributed by atoms with Gasteiger partial charge in [-0.1, -0.05) is 62.1 Å². The van der Waals surface area contributed by atoms with Gasteiger partial charge in [0.25, 0.3) is 0 Å². The number of allylic oxidation sites excluding steroid dienone is 1. The molecule has 0 bridgehead atoms. The normalized spacial score (nSPS) is 18.8. The van der Waals surface area contributed by atoms with E-state index < -0.39 is 5.72 Å². The quantitative estimate of drug-likeness (QED) is 0.174. The molecule has 1 N–H and O–H groups in total. The number of unbranched alkanes of at least 4 members (excludes halogenated alkanes) is 6. The number of hydrogen-bond acceptors (Lipinski definition) is 5. The number of rotatable bonds is 13. The first-order chi connectivity index (χ1) is 17.9. The summed E-state index contributed by atoms with van der Waals surface area (Å²) in [5, 5.41) is 10.6. The first-order valence-electron chi connectivity index (χ1n) is 13.7. The van der Waals surface area contributed by atoms with Gasteiger partial charge in [-0.15, -0.1) is 6.58 Å². The van der Waals surface area contributed by atoms with Gasteiger partial charge in [-0.2, -0.15) is 0 Å². The summed E-state index contributed by atoms with van der Waals surface area (Å²) in [6.07, 6.45) is 15.2. The molecule has 1 atom stereocenters. The molecule has 0 aromatic heterocycles. The van der Waals surface area contributed by atoms with Gasteiger partial charge in [0, 0.05) is 24.2 Å². The first-order valence-corrected chi connectivity index (χ1v) is 13.7. The highest BCUT2D eigenvalue weighted by Crippen LogP contribution is 2.55. The molecule has 2 aliphatic heterocycles. The van der Waals surface area contributed by atoms with Crippen molar-refractivity contribution in [3.63, 3.8) is 0 Å². The Morgan fingerprint density at radius 2 is 1.78 bits per heavy atom. The van der Waals surface area contributed by atoms with Crippen molar-refractivity contribution in [1.29, 1.82) is 0 Å². The third-order valence-electron chi connectivity index (χ3n) is 7.76. The van der Waals surface area contributed by atoms with Crippen LogP contribution < -0.4 is 9.64 Å². The molecule has 0 radical (unpaired) electrons. The van der Waals surface area contributed by atoms with Gasteiger partial charge in [0.1, 0.15) is 0 Å². The summed E-state index contributed by atoms with van der Waals surface area (Å²) >= 11 is 0. The number of para-hydroxylation sites is 2. The molecule has 5 heteroatoms. The summed E-state index contributed by atoms with van der Waals surface area (Å²) in [7, 11) is 0. The fourth-order valence-electron chi connectivity index (χ4n) is 5.64. The number of fused-ring (bicyclic) bond motifs is 2. The number of phenolic OH excluding ortho intramolecular Hbond substituents is 1. The molecular formula is C32H41NO4. The Morgan fingerprint density at radius 3 is 2.59 bits per heavy atom. The lowest BCUT2D eigenvalue weighted by Gasteiger charge is -2.47. The zero-order valence-corrected chi connectivity index (χ0v) is 22.4. The highest BCUT2D eigenvalue weighted by Gasteiger charge is 2.58. The molecular weight excluding hydrogens is 462 g/mol. The maximum absolute atomic E-state index is 12.3. The van der Waals surface area contributed by atoms with Crippen LogP contribution in [0.5, 0.6) is 11.5 Å². The first kappa shape index (κ1) is 26.8. The Labute approximate surface area is 221 Å². The third-order valence-corrected chi connectivity index (χ3v) is 7.76. The molecule has 1 spiro atoms. The van der Waals surface area contributed by atoms with Crippen molar-refractivity contribution in [1.82, 2.24) is 0 Å². The van der Waals surface area contributed by atoms with Crippen molar-refractivity contribution in [3.8, 4) is 11.5 Å². The van der Waals surface area contributed by atoms with E-state index >= 15 is 0 Å². The van der Waals surface area contributed by atoms with E-state index in [-0.39, 0.29) is 17.1 Å². The van der Waals surface area contributed by atoms with Crippen molar-refractivity contribution >= 4 is 17.7 Å². The highest BCUT2D eigenvalue weighted by molar-refractivity contribution is 5.73. The Morgan fingerprint density at radius 1 is 1.03 bits per heavy atom. The van der Waals surface area contributed by atoms with Crippen LogP contribution >= 0.6 is 0 Å². The van der Waals surface area contributed by atoms with Gasteiger partial charge in [-0.3, -0.25) is 4.79 Å². The predicted octanol–water partition coefficient (Wildman–Crippen LogP) is 7.53. The van der Waals surface area contributed by atoms with Crippen molar-refractivity contribution in [2.45, 2.75) is 82.8 Å². The lowest BCUT2D eigenvalue weighted by atomic mass is 9.76. The number of anilines is 1. The second-order valence-electron chi connectivity index (χ2n) is 10.6. The monoisotopic (exact) mass is 503 g/mol. The summed E-state index contributed by atoms with van der Waals surface area (Å²) < 4.78 is 12.3. The Hall–Kier alpha value is -3.21. The Balaban J connectivity index is 1.34. The molecule has 0 aliphatic carbocycles. The summed E-state index contributed by atoms with van der Waals surface area (Å²) in [5.41, 5.74) is 2.00. The highest BCUT2D eigenvalue weighted by atomic mass is 16.5. The Bertz CT molecular complexity index is 1120. The maximum Gasteiger partial charge on any atom is 0.305 e. The summed E-state index contributed by atoms with van der Waals surface area (Å²) in [6.45, 7) is 9.15. The van der Waals surface area contributed by atoms with Crippen LogP contribution in [-0.2, 0) is 14.9 Å². The van der Waals surface area contributed by atoms with Crippen LogP contribution in [0.4, 0.5) is 5.69 Å². The number of phenols is 1. The number of carbonyl (C=O) groups is 1. The summed E-state index contributed by atoms with van der Waals surface area (Å²) in [6, 6.07) is 13.8. The third kappa shape index (κ3) is 5.56. The van der Waals surface area contributed by atoms with Crippen LogP contribution in [0.25, 0.3) is 6.08 Å². The number of benzene rings is 2. The molecule has 2 aromatic carbocycles. The second kappa shape index (κ2) is 11.9. The molecule has 0 saturated heterocycles. The van der Waals surface area contributed by atoms with Crippen LogP contribution in [0, 0.1) is 0 Å². The van der Waals surface area contributed by atoms with Crippen LogP contribution in [0.2, 0.25) is 0 Å². The topological polar surface area (TPSA) is 59.0 Å². The van der Waals surface area contributed by atoms with E-state index in [2.05, 4.69) is 49.6 Å². The van der Waals surface area contributed by atoms with E-state index in [1.807, 2.05) is 30.4 Å². The minimum absolute atomic E-state index is 0.115. The molecule has 4 rings (SSSR count). The minimum atomic E-state index is -0.793. The van der Waals surface area contributed by atoms with E-state index in [1.54, 1.807) is 6.07 Å². The lowest BCUT2D eigenvalue weighted by Crippen LogP contribution is -2.59. The number of esters is 1. The van der Waals surface area contributed by atoms with Crippen molar-refractivity contribution < 1.29 is 19.4 Å². The maximum atomic E-state index is 12.3. The Kier molecular flexibility index (Phi) is 8.63. The molecule has 2 heterocycles. The van der Waals surface area contributed by atoms with E-state index in [9.17, 15) is 9.90 Å². The zero-order chi connectivity index (χ0) is 26.3. The average Bonchev–Trinajstić information content (AvgIpc) is 3.07. The minimum Gasteiger partial charge on any atom is -0.504 e. The largest absolute Gasteiger partial charge is 0.504 e. The molecule has 5 nitrogen and oxygen atoms in total. The van der Waals surface area contributed by atoms with Gasteiger partial charge in [0.05, 0.1) is 12.0 Å². The van der Waals surface area contributed by atoms with Gasteiger partial charge >= 0.3 is 5.97 Å². The second-order valence-corrected chi connectivity index (χ2v) is 10.6. The smallest absolute Gasteiger partial charge is 0.305 e. The summed E-state index contributed by atoms with van der Waals surface area (Å²) in [5.74, 6) is 0.526. The van der Waals surface area contributed by atoms with Gasteiger partial charge in [0.2, 0.25) is 5.72 Å². The van der Waals surface area contributed by atoms with E-state index in [4.69, 9.17) is 9.47 Å². The SMILES string of the molecule is C=CCCCCCCCCC(=O)OCCCN1c2ccccc2C(C)(C)C12C=Cc1cccc(O)c1O2. The molecule has 2 aliphatic rings. The van der Waals surface area contributed by atoms with E-state index in [1.165, 1.54) is 31.2 Å². The molecule has 0 saturated carbocycles. The lowest BCUT2D eigenvalue weighted by molar-refractivity contribution is -0.143. The fraction of sp³-hybridized carbons (Fsp3) is 0.469. The molecule has 37 heavy (non-hydrogen) atoms. The molecule has 0 amide bonds. The molecule has 0 fully saturated rings.